The van der Waals surface area contributed by atoms with Crippen LogP contribution in [0.15, 0.2) is 42.5 Å². The molecule has 2 atom stereocenters. The van der Waals surface area contributed by atoms with E-state index in [1.165, 1.54) is 12.1 Å². The fraction of sp³-hybridized carbons (Fsp3) is 0.167. The standard InChI is InChI=1S/C18H14O5/c19-12-4-6-15-10(7-12)2-5-16-14(18(21)23-15)8-11-1-3-13(20)9-17(11)22-16/h1-7,9,14,16,19-20H,8H2/t14-,16+/m1/s1. The zero-order valence-electron chi connectivity index (χ0n) is 12.1. The maximum Gasteiger partial charge on any atom is 0.318 e. The van der Waals surface area contributed by atoms with E-state index in [0.717, 1.165) is 5.56 Å². The monoisotopic (exact) mass is 310 g/mol. The summed E-state index contributed by atoms with van der Waals surface area (Å²) in [5, 5.41) is 19.2. The third-order valence-electron chi connectivity index (χ3n) is 4.12. The predicted molar refractivity (Wildman–Crippen MR) is 82.5 cm³/mol. The number of phenols is 2. The molecule has 0 saturated heterocycles. The molecule has 2 aromatic rings. The Morgan fingerprint density at radius 1 is 1.00 bits per heavy atom. The second-order valence-electron chi connectivity index (χ2n) is 5.69. The minimum Gasteiger partial charge on any atom is -0.508 e. The highest BCUT2D eigenvalue weighted by molar-refractivity contribution is 5.80. The summed E-state index contributed by atoms with van der Waals surface area (Å²) in [6, 6.07) is 9.45. The molecule has 0 aliphatic carbocycles. The summed E-state index contributed by atoms with van der Waals surface area (Å²) >= 11 is 0. The molecular formula is C18H14O5. The zero-order chi connectivity index (χ0) is 16.0. The van der Waals surface area contributed by atoms with Crippen molar-refractivity contribution in [2.75, 3.05) is 0 Å². The molecule has 4 rings (SSSR count). The number of carbonyl (C=O) groups is 1. The minimum absolute atomic E-state index is 0.0985. The fourth-order valence-corrected chi connectivity index (χ4v) is 2.94. The first-order valence-electron chi connectivity index (χ1n) is 7.31. The molecular weight excluding hydrogens is 296 g/mol. The first-order chi connectivity index (χ1) is 11.1. The van der Waals surface area contributed by atoms with E-state index >= 15 is 0 Å². The third kappa shape index (κ3) is 2.40. The summed E-state index contributed by atoms with van der Waals surface area (Å²) in [6.45, 7) is 0. The van der Waals surface area contributed by atoms with Crippen LogP contribution in [-0.2, 0) is 11.2 Å². The second-order valence-corrected chi connectivity index (χ2v) is 5.69. The molecule has 0 unspecified atom stereocenters. The number of carbonyl (C=O) groups excluding carboxylic acids is 1. The Morgan fingerprint density at radius 3 is 2.65 bits per heavy atom. The van der Waals surface area contributed by atoms with Crippen molar-refractivity contribution in [1.82, 2.24) is 0 Å². The normalized spacial score (nSPS) is 21.8. The Morgan fingerprint density at radius 2 is 1.78 bits per heavy atom. The van der Waals surface area contributed by atoms with Crippen LogP contribution in [0.25, 0.3) is 6.08 Å². The Labute approximate surface area is 132 Å². The van der Waals surface area contributed by atoms with Crippen LogP contribution in [0.3, 0.4) is 0 Å². The average Bonchev–Trinajstić information content (AvgIpc) is 2.52. The van der Waals surface area contributed by atoms with E-state index in [9.17, 15) is 15.0 Å². The van der Waals surface area contributed by atoms with Crippen LogP contribution in [-0.4, -0.2) is 22.3 Å². The Balaban J connectivity index is 1.75. The molecule has 0 bridgehead atoms. The van der Waals surface area contributed by atoms with Crippen molar-refractivity contribution in [1.29, 1.82) is 0 Å². The lowest BCUT2D eigenvalue weighted by Crippen LogP contribution is -2.39. The Hall–Kier alpha value is -2.95. The van der Waals surface area contributed by atoms with Crippen molar-refractivity contribution in [2.45, 2.75) is 12.5 Å². The molecule has 0 fully saturated rings. The van der Waals surface area contributed by atoms with Crippen LogP contribution in [0.5, 0.6) is 23.0 Å². The van der Waals surface area contributed by atoms with Gasteiger partial charge in [-0.05, 0) is 42.3 Å². The van der Waals surface area contributed by atoms with Crippen LogP contribution in [0.4, 0.5) is 0 Å². The molecule has 2 aromatic carbocycles. The summed E-state index contributed by atoms with van der Waals surface area (Å²) < 4.78 is 11.3. The lowest BCUT2D eigenvalue weighted by atomic mass is 9.89. The van der Waals surface area contributed by atoms with Gasteiger partial charge in [0.25, 0.3) is 0 Å². The highest BCUT2D eigenvalue weighted by Crippen LogP contribution is 2.37. The molecule has 23 heavy (non-hydrogen) atoms. The Kier molecular flexibility index (Phi) is 3.01. The van der Waals surface area contributed by atoms with Crippen LogP contribution in [0.2, 0.25) is 0 Å². The smallest absolute Gasteiger partial charge is 0.318 e. The molecule has 5 nitrogen and oxygen atoms in total. The van der Waals surface area contributed by atoms with Crippen LogP contribution >= 0.6 is 0 Å². The van der Waals surface area contributed by atoms with Crippen LogP contribution in [0, 0.1) is 5.92 Å². The van der Waals surface area contributed by atoms with Crippen molar-refractivity contribution in [2.24, 2.45) is 5.92 Å². The zero-order valence-corrected chi connectivity index (χ0v) is 12.1. The van der Waals surface area contributed by atoms with Crippen LogP contribution < -0.4 is 9.47 Å². The topological polar surface area (TPSA) is 76.0 Å². The molecule has 0 saturated carbocycles. The minimum atomic E-state index is -0.479. The van der Waals surface area contributed by atoms with Crippen molar-refractivity contribution in [3.63, 3.8) is 0 Å². The van der Waals surface area contributed by atoms with E-state index in [-0.39, 0.29) is 17.5 Å². The number of fused-ring (bicyclic) bond motifs is 3. The van der Waals surface area contributed by atoms with Gasteiger partial charge < -0.3 is 19.7 Å². The van der Waals surface area contributed by atoms with E-state index in [4.69, 9.17) is 9.47 Å². The van der Waals surface area contributed by atoms with E-state index < -0.39 is 12.0 Å². The van der Waals surface area contributed by atoms with E-state index in [1.807, 2.05) is 0 Å². The van der Waals surface area contributed by atoms with E-state index in [0.29, 0.717) is 23.5 Å². The van der Waals surface area contributed by atoms with E-state index in [1.54, 1.807) is 36.4 Å². The van der Waals surface area contributed by atoms with Gasteiger partial charge in [-0.3, -0.25) is 4.79 Å². The summed E-state index contributed by atoms with van der Waals surface area (Å²) in [4.78, 5) is 12.5. The summed E-state index contributed by atoms with van der Waals surface area (Å²) in [6.07, 6.45) is 3.56. The van der Waals surface area contributed by atoms with Gasteiger partial charge in [0.15, 0.2) is 0 Å². The van der Waals surface area contributed by atoms with Gasteiger partial charge in [-0.1, -0.05) is 12.1 Å². The van der Waals surface area contributed by atoms with Gasteiger partial charge in [0.05, 0.1) is 0 Å². The highest BCUT2D eigenvalue weighted by Gasteiger charge is 2.36. The number of ether oxygens (including phenoxy) is 2. The SMILES string of the molecule is O=C1Oc2ccc(O)cc2C=C[C@@H]2Oc3cc(O)ccc3C[C@@H]12. The maximum absolute atomic E-state index is 12.5. The van der Waals surface area contributed by atoms with Gasteiger partial charge in [-0.25, -0.2) is 0 Å². The van der Waals surface area contributed by atoms with Crippen LogP contribution in [0.1, 0.15) is 11.1 Å². The molecule has 0 radical (unpaired) electrons. The first kappa shape index (κ1) is 13.7. The van der Waals surface area contributed by atoms with Gasteiger partial charge in [-0.2, -0.15) is 0 Å². The molecule has 116 valence electrons. The van der Waals surface area contributed by atoms with Gasteiger partial charge in [-0.15, -0.1) is 0 Å². The number of hydrogen-bond donors (Lipinski definition) is 2. The summed E-state index contributed by atoms with van der Waals surface area (Å²) in [5.41, 5.74) is 1.48. The summed E-state index contributed by atoms with van der Waals surface area (Å²) in [7, 11) is 0. The molecule has 2 heterocycles. The third-order valence-corrected chi connectivity index (χ3v) is 4.12. The first-order valence-corrected chi connectivity index (χ1v) is 7.31. The van der Waals surface area contributed by atoms with Crippen molar-refractivity contribution >= 4 is 12.0 Å². The van der Waals surface area contributed by atoms with Crippen molar-refractivity contribution in [3.8, 4) is 23.0 Å². The maximum atomic E-state index is 12.5. The van der Waals surface area contributed by atoms with E-state index in [2.05, 4.69) is 0 Å². The number of aromatic hydroxyl groups is 2. The molecule has 0 amide bonds. The van der Waals surface area contributed by atoms with Crippen molar-refractivity contribution in [3.05, 3.63) is 53.6 Å². The number of benzene rings is 2. The predicted octanol–water partition coefficient (Wildman–Crippen LogP) is 2.65. The molecule has 5 heteroatoms. The summed E-state index contributed by atoms with van der Waals surface area (Å²) in [5.74, 6) is 0.381. The molecule has 2 aliphatic heterocycles. The van der Waals surface area contributed by atoms with Gasteiger partial charge in [0, 0.05) is 11.6 Å². The number of phenolic OH excluding ortho intramolecular Hbond substituents is 2. The molecule has 0 aromatic heterocycles. The average molecular weight is 310 g/mol. The molecule has 0 spiro atoms. The van der Waals surface area contributed by atoms with Gasteiger partial charge in [0.2, 0.25) is 0 Å². The fourth-order valence-electron chi connectivity index (χ4n) is 2.94. The number of esters is 1. The lowest BCUT2D eigenvalue weighted by molar-refractivity contribution is -0.141. The molecule has 2 N–H and O–H groups in total. The highest BCUT2D eigenvalue weighted by atomic mass is 16.5. The molecule has 2 aliphatic rings. The largest absolute Gasteiger partial charge is 0.508 e. The quantitative estimate of drug-likeness (QED) is 0.578. The number of hydrogen-bond acceptors (Lipinski definition) is 5. The number of rotatable bonds is 0. The van der Waals surface area contributed by atoms with Gasteiger partial charge in [0.1, 0.15) is 35.0 Å². The lowest BCUT2D eigenvalue weighted by Gasteiger charge is -2.31. The Bertz CT molecular complexity index is 824. The van der Waals surface area contributed by atoms with Crippen molar-refractivity contribution < 1.29 is 24.5 Å². The van der Waals surface area contributed by atoms with Gasteiger partial charge >= 0.3 is 5.97 Å². The second kappa shape index (κ2) is 5.05.